The number of thioether (sulfide) groups is 1. The van der Waals surface area contributed by atoms with E-state index >= 15 is 0 Å². The topological polar surface area (TPSA) is 127 Å². The Balaban J connectivity index is 2.31. The minimum absolute atomic E-state index is 0.0128. The summed E-state index contributed by atoms with van der Waals surface area (Å²) in [5, 5.41) is 22.1. The van der Waals surface area contributed by atoms with Crippen LogP contribution in [0.4, 0.5) is 0 Å². The van der Waals surface area contributed by atoms with Gasteiger partial charge < -0.3 is 15.6 Å². The van der Waals surface area contributed by atoms with Gasteiger partial charge >= 0.3 is 0 Å². The summed E-state index contributed by atoms with van der Waals surface area (Å²) in [5.74, 6) is -1.76. The van der Waals surface area contributed by atoms with E-state index < -0.39 is 11.9 Å². The smallest absolute Gasteiger partial charge is 0.227 e. The standard InChI is InChI=1S/C10H9N5O3S/c11-8(16)5-19-10-12-13-14-15(10)7-3-1-2-6(4-7)9(17)18/h1-4H,5H2,(H2,11,16)(H,17,18)/p-1. The third-order valence-electron chi connectivity index (χ3n) is 2.11. The van der Waals surface area contributed by atoms with Crippen LogP contribution in [0.3, 0.4) is 0 Å². The maximum absolute atomic E-state index is 10.8. The largest absolute Gasteiger partial charge is 0.545 e. The molecule has 2 N–H and O–H groups in total. The van der Waals surface area contributed by atoms with Crippen molar-refractivity contribution in [2.75, 3.05) is 5.75 Å². The van der Waals surface area contributed by atoms with Crippen molar-refractivity contribution in [3.05, 3.63) is 29.8 Å². The Kier molecular flexibility index (Phi) is 3.76. The number of aromatic carboxylic acids is 1. The Morgan fingerprint density at radius 1 is 1.42 bits per heavy atom. The average molecular weight is 278 g/mol. The predicted octanol–water partition coefficient (Wildman–Crippen LogP) is -1.40. The van der Waals surface area contributed by atoms with Gasteiger partial charge in [0.25, 0.3) is 0 Å². The number of tetrazole rings is 1. The summed E-state index contributed by atoms with van der Waals surface area (Å²) in [5.41, 5.74) is 5.51. The van der Waals surface area contributed by atoms with E-state index in [1.54, 1.807) is 12.1 Å². The Hall–Kier alpha value is -2.42. The van der Waals surface area contributed by atoms with Crippen LogP contribution in [0.2, 0.25) is 0 Å². The van der Waals surface area contributed by atoms with Gasteiger partial charge in [0.2, 0.25) is 11.1 Å². The summed E-state index contributed by atoms with van der Waals surface area (Å²) in [6, 6.07) is 5.96. The Labute approximate surface area is 111 Å². The van der Waals surface area contributed by atoms with Crippen molar-refractivity contribution in [2.24, 2.45) is 5.73 Å². The van der Waals surface area contributed by atoms with Crippen LogP contribution >= 0.6 is 11.8 Å². The molecule has 0 radical (unpaired) electrons. The van der Waals surface area contributed by atoms with Crippen molar-refractivity contribution < 1.29 is 14.7 Å². The number of amides is 1. The van der Waals surface area contributed by atoms with E-state index in [2.05, 4.69) is 15.5 Å². The Bertz CT molecular complexity index is 627. The Morgan fingerprint density at radius 2 is 2.21 bits per heavy atom. The molecule has 0 fully saturated rings. The molecule has 2 aromatic rings. The average Bonchev–Trinajstić information content (AvgIpc) is 2.84. The monoisotopic (exact) mass is 278 g/mol. The molecule has 0 aliphatic rings. The van der Waals surface area contributed by atoms with Gasteiger partial charge in [-0.2, -0.15) is 4.68 Å². The third-order valence-corrected chi connectivity index (χ3v) is 3.05. The van der Waals surface area contributed by atoms with Crippen LogP contribution in [0, 0.1) is 0 Å². The first-order valence-electron chi connectivity index (χ1n) is 5.09. The number of carboxylic acid groups (broad SMARTS) is 1. The highest BCUT2D eigenvalue weighted by atomic mass is 32.2. The summed E-state index contributed by atoms with van der Waals surface area (Å²) < 4.78 is 1.32. The van der Waals surface area contributed by atoms with E-state index in [0.717, 1.165) is 11.8 Å². The summed E-state index contributed by atoms with van der Waals surface area (Å²) >= 11 is 1.06. The van der Waals surface area contributed by atoms with Crippen molar-refractivity contribution in [2.45, 2.75) is 5.16 Å². The number of carbonyl (C=O) groups excluding carboxylic acids is 2. The molecule has 1 amide bonds. The van der Waals surface area contributed by atoms with Gasteiger partial charge in [-0.15, -0.1) is 5.10 Å². The first kappa shape index (κ1) is 13.0. The van der Waals surface area contributed by atoms with Gasteiger partial charge in [-0.25, -0.2) is 0 Å². The van der Waals surface area contributed by atoms with Crippen LogP contribution in [0.5, 0.6) is 0 Å². The molecule has 1 aromatic carbocycles. The van der Waals surface area contributed by atoms with Crippen LogP contribution in [-0.2, 0) is 4.79 Å². The molecule has 2 rings (SSSR count). The number of nitrogens with zero attached hydrogens (tertiary/aromatic N) is 4. The molecule has 0 aliphatic carbocycles. The number of aromatic nitrogens is 4. The van der Waals surface area contributed by atoms with Gasteiger partial charge in [0.1, 0.15) is 0 Å². The fourth-order valence-electron chi connectivity index (χ4n) is 1.33. The van der Waals surface area contributed by atoms with E-state index in [0.29, 0.717) is 10.8 Å². The molecule has 0 spiro atoms. The molecular weight excluding hydrogens is 270 g/mol. The zero-order valence-corrected chi connectivity index (χ0v) is 10.3. The predicted molar refractivity (Wildman–Crippen MR) is 63.4 cm³/mol. The number of carboxylic acids is 1. The van der Waals surface area contributed by atoms with Crippen molar-refractivity contribution in [1.29, 1.82) is 0 Å². The van der Waals surface area contributed by atoms with Gasteiger partial charge in [0, 0.05) is 0 Å². The molecule has 19 heavy (non-hydrogen) atoms. The van der Waals surface area contributed by atoms with Crippen molar-refractivity contribution >= 4 is 23.6 Å². The summed E-state index contributed by atoms with van der Waals surface area (Å²) in [7, 11) is 0. The molecule has 8 nitrogen and oxygen atoms in total. The molecule has 0 saturated carbocycles. The number of hydrogen-bond acceptors (Lipinski definition) is 7. The fourth-order valence-corrected chi connectivity index (χ4v) is 1.96. The second kappa shape index (κ2) is 5.48. The number of rotatable bonds is 5. The van der Waals surface area contributed by atoms with E-state index in [1.165, 1.54) is 16.8 Å². The number of primary amides is 1. The highest BCUT2D eigenvalue weighted by Gasteiger charge is 2.10. The van der Waals surface area contributed by atoms with Crippen molar-refractivity contribution in [3.63, 3.8) is 0 Å². The lowest BCUT2D eigenvalue weighted by molar-refractivity contribution is -0.255. The quantitative estimate of drug-likeness (QED) is 0.666. The Morgan fingerprint density at radius 3 is 2.89 bits per heavy atom. The van der Waals surface area contributed by atoms with Crippen LogP contribution in [0.1, 0.15) is 10.4 Å². The fraction of sp³-hybridized carbons (Fsp3) is 0.100. The number of hydrogen-bond donors (Lipinski definition) is 1. The molecular formula is C10H8N5O3S-. The highest BCUT2D eigenvalue weighted by Crippen LogP contribution is 2.18. The molecule has 98 valence electrons. The third kappa shape index (κ3) is 3.07. The minimum Gasteiger partial charge on any atom is -0.545 e. The second-order valence-electron chi connectivity index (χ2n) is 3.47. The zero-order chi connectivity index (χ0) is 13.8. The highest BCUT2D eigenvalue weighted by molar-refractivity contribution is 7.99. The maximum atomic E-state index is 10.8. The summed E-state index contributed by atoms with van der Waals surface area (Å²) in [6.07, 6.45) is 0. The molecule has 0 atom stereocenters. The number of carbonyl (C=O) groups is 2. The van der Waals surface area contributed by atoms with Gasteiger partial charge in [-0.1, -0.05) is 23.9 Å². The molecule has 0 unspecified atom stereocenters. The molecule has 1 heterocycles. The van der Waals surface area contributed by atoms with Crippen LogP contribution in [0.25, 0.3) is 5.69 Å². The molecule has 0 saturated heterocycles. The first-order valence-corrected chi connectivity index (χ1v) is 6.08. The summed E-state index contributed by atoms with van der Waals surface area (Å²) in [6.45, 7) is 0. The number of benzene rings is 1. The van der Waals surface area contributed by atoms with Crippen LogP contribution in [0.15, 0.2) is 29.4 Å². The minimum atomic E-state index is -1.29. The van der Waals surface area contributed by atoms with E-state index in [4.69, 9.17) is 5.73 Å². The maximum Gasteiger partial charge on any atom is 0.227 e. The van der Waals surface area contributed by atoms with Crippen molar-refractivity contribution in [3.8, 4) is 5.69 Å². The first-order chi connectivity index (χ1) is 9.08. The van der Waals surface area contributed by atoms with Crippen LogP contribution in [-0.4, -0.2) is 37.8 Å². The lowest BCUT2D eigenvalue weighted by Crippen LogP contribution is -2.22. The molecule has 9 heteroatoms. The lowest BCUT2D eigenvalue weighted by Gasteiger charge is -2.06. The van der Waals surface area contributed by atoms with Crippen molar-refractivity contribution in [1.82, 2.24) is 20.2 Å². The van der Waals surface area contributed by atoms with Gasteiger partial charge in [-0.05, 0) is 28.1 Å². The SMILES string of the molecule is NC(=O)CSc1nnnn1-c1cccc(C(=O)[O-])c1. The second-order valence-corrected chi connectivity index (χ2v) is 4.41. The normalized spacial score (nSPS) is 10.3. The summed E-state index contributed by atoms with van der Waals surface area (Å²) in [4.78, 5) is 21.5. The van der Waals surface area contributed by atoms with E-state index in [-0.39, 0.29) is 11.3 Å². The van der Waals surface area contributed by atoms with E-state index in [9.17, 15) is 14.7 Å². The van der Waals surface area contributed by atoms with Crippen LogP contribution < -0.4 is 10.8 Å². The number of nitrogens with two attached hydrogens (primary N) is 1. The van der Waals surface area contributed by atoms with Gasteiger partial charge in [0.05, 0.1) is 17.4 Å². The lowest BCUT2D eigenvalue weighted by atomic mass is 10.2. The van der Waals surface area contributed by atoms with Gasteiger partial charge in [-0.3, -0.25) is 4.79 Å². The molecule has 1 aromatic heterocycles. The molecule has 0 aliphatic heterocycles. The molecule has 0 bridgehead atoms. The zero-order valence-electron chi connectivity index (χ0n) is 9.52. The van der Waals surface area contributed by atoms with E-state index in [1.807, 2.05) is 0 Å². The van der Waals surface area contributed by atoms with Gasteiger partial charge in [0.15, 0.2) is 0 Å².